The highest BCUT2D eigenvalue weighted by molar-refractivity contribution is 5.80. The lowest BCUT2D eigenvalue weighted by atomic mass is 10.2. The van der Waals surface area contributed by atoms with E-state index >= 15 is 0 Å². The molecule has 0 saturated carbocycles. The van der Waals surface area contributed by atoms with Crippen molar-refractivity contribution in [3.63, 3.8) is 0 Å². The highest BCUT2D eigenvalue weighted by atomic mass is 19.4. The van der Waals surface area contributed by atoms with E-state index in [1.165, 1.54) is 24.4 Å². The summed E-state index contributed by atoms with van der Waals surface area (Å²) < 4.78 is 38.3. The minimum absolute atomic E-state index is 0.0663. The number of rotatable bonds is 3. The summed E-state index contributed by atoms with van der Waals surface area (Å²) >= 11 is 0. The Hall–Kier alpha value is -2.30. The first-order valence-electron chi connectivity index (χ1n) is 5.99. The number of alkyl halides is 3. The van der Waals surface area contributed by atoms with E-state index in [0.29, 0.717) is 0 Å². The average molecular weight is 278 g/mol. The van der Waals surface area contributed by atoms with Crippen LogP contribution in [0.5, 0.6) is 0 Å². The zero-order valence-corrected chi connectivity index (χ0v) is 10.8. The molecule has 5 heteroatoms. The van der Waals surface area contributed by atoms with E-state index in [2.05, 4.69) is 10.5 Å². The second-order valence-electron chi connectivity index (χ2n) is 4.32. The summed E-state index contributed by atoms with van der Waals surface area (Å²) in [4.78, 5) is 0. The minimum Gasteiger partial charge on any atom is -0.278 e. The van der Waals surface area contributed by atoms with E-state index in [1.807, 2.05) is 31.2 Å². The Morgan fingerprint density at radius 3 is 2.30 bits per heavy atom. The van der Waals surface area contributed by atoms with Gasteiger partial charge in [0.25, 0.3) is 0 Å². The third-order valence-corrected chi connectivity index (χ3v) is 2.71. The lowest BCUT2D eigenvalue weighted by Crippen LogP contribution is -2.08. The van der Waals surface area contributed by atoms with Crippen molar-refractivity contribution < 1.29 is 13.2 Å². The van der Waals surface area contributed by atoms with Gasteiger partial charge in [-0.25, -0.2) is 0 Å². The zero-order valence-electron chi connectivity index (χ0n) is 10.8. The van der Waals surface area contributed by atoms with Crippen LogP contribution in [-0.4, -0.2) is 6.21 Å². The normalized spacial score (nSPS) is 11.8. The summed E-state index contributed by atoms with van der Waals surface area (Å²) in [5, 5.41) is 3.84. The number of hydrogen-bond acceptors (Lipinski definition) is 2. The fraction of sp³-hybridized carbons (Fsp3) is 0.133. The molecule has 2 rings (SSSR count). The van der Waals surface area contributed by atoms with Crippen LogP contribution in [0, 0.1) is 6.92 Å². The SMILES string of the molecule is Cc1ccc(/C=N\Nc2ccccc2C(F)(F)F)cc1. The lowest BCUT2D eigenvalue weighted by molar-refractivity contribution is -0.136. The molecular formula is C15H13F3N2. The van der Waals surface area contributed by atoms with Crippen LogP contribution in [-0.2, 0) is 6.18 Å². The number of nitrogens with one attached hydrogen (secondary N) is 1. The van der Waals surface area contributed by atoms with Crippen molar-refractivity contribution in [2.45, 2.75) is 13.1 Å². The molecule has 0 radical (unpaired) electrons. The molecule has 0 unspecified atom stereocenters. The molecular weight excluding hydrogens is 265 g/mol. The maximum absolute atomic E-state index is 12.8. The Morgan fingerprint density at radius 2 is 1.65 bits per heavy atom. The van der Waals surface area contributed by atoms with Gasteiger partial charge < -0.3 is 0 Å². The van der Waals surface area contributed by atoms with E-state index in [-0.39, 0.29) is 5.69 Å². The number of hydrazone groups is 1. The highest BCUT2D eigenvalue weighted by Gasteiger charge is 2.33. The summed E-state index contributed by atoms with van der Waals surface area (Å²) in [5.41, 5.74) is 3.55. The van der Waals surface area contributed by atoms with Crippen LogP contribution < -0.4 is 5.43 Å². The second-order valence-corrected chi connectivity index (χ2v) is 4.32. The number of anilines is 1. The first kappa shape index (κ1) is 14.1. The molecule has 0 bridgehead atoms. The van der Waals surface area contributed by atoms with Crippen LogP contribution in [0.1, 0.15) is 16.7 Å². The van der Waals surface area contributed by atoms with Gasteiger partial charge in [-0.15, -0.1) is 0 Å². The van der Waals surface area contributed by atoms with Crippen molar-refractivity contribution in [3.8, 4) is 0 Å². The standard InChI is InChI=1S/C15H13F3N2/c1-11-6-8-12(9-7-11)10-19-20-14-5-3-2-4-13(14)15(16,17)18/h2-10,20H,1H3/b19-10-. The van der Waals surface area contributed by atoms with Gasteiger partial charge in [0, 0.05) is 0 Å². The summed E-state index contributed by atoms with van der Waals surface area (Å²) in [6, 6.07) is 12.7. The van der Waals surface area contributed by atoms with Crippen molar-refractivity contribution in [2.75, 3.05) is 5.43 Å². The van der Waals surface area contributed by atoms with Gasteiger partial charge in [0.1, 0.15) is 0 Å². The van der Waals surface area contributed by atoms with Gasteiger partial charge in [-0.05, 0) is 24.6 Å². The fourth-order valence-corrected chi connectivity index (χ4v) is 1.66. The first-order valence-corrected chi connectivity index (χ1v) is 5.99. The molecule has 0 aliphatic rings. The number of benzene rings is 2. The number of hydrogen-bond donors (Lipinski definition) is 1. The molecule has 0 saturated heterocycles. The molecule has 20 heavy (non-hydrogen) atoms. The van der Waals surface area contributed by atoms with Gasteiger partial charge in [-0.2, -0.15) is 18.3 Å². The number of halogens is 3. The summed E-state index contributed by atoms with van der Waals surface area (Å²) in [5.74, 6) is 0. The lowest BCUT2D eigenvalue weighted by Gasteiger charge is -2.11. The number of aryl methyl sites for hydroxylation is 1. The topological polar surface area (TPSA) is 24.4 Å². The van der Waals surface area contributed by atoms with Gasteiger partial charge in [-0.1, -0.05) is 42.0 Å². The van der Waals surface area contributed by atoms with Crippen LogP contribution >= 0.6 is 0 Å². The minimum atomic E-state index is -4.40. The molecule has 0 heterocycles. The smallest absolute Gasteiger partial charge is 0.278 e. The largest absolute Gasteiger partial charge is 0.418 e. The van der Waals surface area contributed by atoms with E-state index < -0.39 is 11.7 Å². The molecule has 0 spiro atoms. The quantitative estimate of drug-likeness (QED) is 0.650. The summed E-state index contributed by atoms with van der Waals surface area (Å²) in [7, 11) is 0. The Bertz CT molecular complexity index is 601. The molecule has 1 N–H and O–H groups in total. The van der Waals surface area contributed by atoms with Crippen LogP contribution in [0.15, 0.2) is 53.6 Å². The monoisotopic (exact) mass is 278 g/mol. The van der Waals surface area contributed by atoms with Gasteiger partial charge in [0.15, 0.2) is 0 Å². The molecule has 2 aromatic carbocycles. The molecule has 0 atom stereocenters. The summed E-state index contributed by atoms with van der Waals surface area (Å²) in [6.45, 7) is 1.96. The first-order chi connectivity index (χ1) is 9.47. The predicted octanol–water partition coefficient (Wildman–Crippen LogP) is 4.46. The van der Waals surface area contributed by atoms with Crippen molar-refractivity contribution in [1.82, 2.24) is 0 Å². The molecule has 0 fully saturated rings. The maximum Gasteiger partial charge on any atom is 0.418 e. The van der Waals surface area contributed by atoms with Crippen molar-refractivity contribution in [1.29, 1.82) is 0 Å². The van der Waals surface area contributed by atoms with Gasteiger partial charge >= 0.3 is 6.18 Å². The van der Waals surface area contributed by atoms with Gasteiger partial charge in [0.2, 0.25) is 0 Å². The maximum atomic E-state index is 12.8. The highest BCUT2D eigenvalue weighted by Crippen LogP contribution is 2.34. The Kier molecular flexibility index (Phi) is 4.08. The molecule has 0 aliphatic heterocycles. The molecule has 0 aliphatic carbocycles. The van der Waals surface area contributed by atoms with Gasteiger partial charge in [0.05, 0.1) is 17.5 Å². The third kappa shape index (κ3) is 3.60. The number of para-hydroxylation sites is 1. The van der Waals surface area contributed by atoms with Crippen molar-refractivity contribution >= 4 is 11.9 Å². The van der Waals surface area contributed by atoms with Crippen LogP contribution in [0.3, 0.4) is 0 Å². The Balaban J connectivity index is 2.13. The molecule has 0 aromatic heterocycles. The Labute approximate surface area is 114 Å². The average Bonchev–Trinajstić information content (AvgIpc) is 2.40. The number of nitrogens with zero attached hydrogens (tertiary/aromatic N) is 1. The van der Waals surface area contributed by atoms with Crippen molar-refractivity contribution in [2.24, 2.45) is 5.10 Å². The van der Waals surface area contributed by atoms with E-state index in [0.717, 1.165) is 17.2 Å². The molecule has 2 aromatic rings. The van der Waals surface area contributed by atoms with E-state index in [9.17, 15) is 13.2 Å². The molecule has 104 valence electrons. The van der Waals surface area contributed by atoms with Crippen LogP contribution in [0.2, 0.25) is 0 Å². The van der Waals surface area contributed by atoms with Crippen molar-refractivity contribution in [3.05, 3.63) is 65.2 Å². The summed E-state index contributed by atoms with van der Waals surface area (Å²) in [6.07, 6.45) is -2.92. The molecule has 2 nitrogen and oxygen atoms in total. The molecule has 0 amide bonds. The second kappa shape index (κ2) is 5.77. The van der Waals surface area contributed by atoms with Crippen LogP contribution in [0.25, 0.3) is 0 Å². The third-order valence-electron chi connectivity index (χ3n) is 2.71. The predicted molar refractivity (Wildman–Crippen MR) is 73.8 cm³/mol. The van der Waals surface area contributed by atoms with Crippen LogP contribution in [0.4, 0.5) is 18.9 Å². The Morgan fingerprint density at radius 1 is 1.00 bits per heavy atom. The van der Waals surface area contributed by atoms with E-state index in [4.69, 9.17) is 0 Å². The van der Waals surface area contributed by atoms with E-state index in [1.54, 1.807) is 0 Å². The zero-order chi connectivity index (χ0) is 14.6. The fourth-order valence-electron chi connectivity index (χ4n) is 1.66. The van der Waals surface area contributed by atoms with Gasteiger partial charge in [-0.3, -0.25) is 5.43 Å².